The van der Waals surface area contributed by atoms with Crippen molar-refractivity contribution < 1.29 is 13.2 Å². The molecule has 5 nitrogen and oxygen atoms in total. The van der Waals surface area contributed by atoms with E-state index in [4.69, 9.17) is 23.2 Å². The highest BCUT2D eigenvalue weighted by Crippen LogP contribution is 2.22. The first kappa shape index (κ1) is 19.2. The molecule has 0 fully saturated rings. The molecule has 128 valence electrons. The summed E-state index contributed by atoms with van der Waals surface area (Å²) in [6, 6.07) is 9.65. The van der Waals surface area contributed by atoms with Crippen LogP contribution in [0.1, 0.15) is 6.92 Å². The summed E-state index contributed by atoms with van der Waals surface area (Å²) in [4.78, 5) is 12.2. The van der Waals surface area contributed by atoms with Gasteiger partial charge in [0, 0.05) is 20.2 Å². The summed E-state index contributed by atoms with van der Waals surface area (Å²) in [5.41, 5.74) is 0.382. The minimum Gasteiger partial charge on any atom is -0.325 e. The van der Waals surface area contributed by atoms with Crippen molar-refractivity contribution in [2.75, 3.05) is 5.32 Å². The number of nitrogens with one attached hydrogen (secondary N) is 2. The second kappa shape index (κ2) is 7.84. The lowest BCUT2D eigenvalue weighted by atomic mass is 10.3. The van der Waals surface area contributed by atoms with Gasteiger partial charge in [0.05, 0.1) is 10.9 Å². The van der Waals surface area contributed by atoms with Crippen LogP contribution in [0.3, 0.4) is 0 Å². The summed E-state index contributed by atoms with van der Waals surface area (Å²) in [6.07, 6.45) is 0. The molecule has 1 atom stereocenters. The maximum Gasteiger partial charge on any atom is 0.242 e. The van der Waals surface area contributed by atoms with Gasteiger partial charge in [0.15, 0.2) is 0 Å². The third-order valence-corrected chi connectivity index (χ3v) is 5.50. The molecule has 24 heavy (non-hydrogen) atoms. The Morgan fingerprint density at radius 1 is 1.08 bits per heavy atom. The number of carbonyl (C=O) groups excluding carboxylic acids is 1. The lowest BCUT2D eigenvalue weighted by Crippen LogP contribution is -2.41. The summed E-state index contributed by atoms with van der Waals surface area (Å²) in [5.74, 6) is -0.533. The predicted octanol–water partition coefficient (Wildman–Crippen LogP) is 4.06. The molecule has 0 saturated carbocycles. The zero-order valence-electron chi connectivity index (χ0n) is 12.4. The van der Waals surface area contributed by atoms with Crippen molar-refractivity contribution >= 4 is 60.7 Å². The lowest BCUT2D eigenvalue weighted by Gasteiger charge is -2.15. The van der Waals surface area contributed by atoms with Crippen molar-refractivity contribution in [1.82, 2.24) is 4.72 Å². The van der Waals surface area contributed by atoms with Crippen LogP contribution in [-0.4, -0.2) is 20.4 Å². The van der Waals surface area contributed by atoms with Crippen molar-refractivity contribution in [3.63, 3.8) is 0 Å². The predicted molar refractivity (Wildman–Crippen MR) is 99.0 cm³/mol. The van der Waals surface area contributed by atoms with Gasteiger partial charge in [0.25, 0.3) is 0 Å². The van der Waals surface area contributed by atoms with E-state index in [9.17, 15) is 13.2 Å². The zero-order valence-corrected chi connectivity index (χ0v) is 16.3. The molecule has 0 spiro atoms. The van der Waals surface area contributed by atoms with E-state index in [1.165, 1.54) is 37.3 Å². The van der Waals surface area contributed by atoms with Crippen molar-refractivity contribution in [1.29, 1.82) is 0 Å². The van der Waals surface area contributed by atoms with Crippen LogP contribution < -0.4 is 10.0 Å². The molecule has 0 aliphatic carbocycles. The third kappa shape index (κ3) is 5.19. The van der Waals surface area contributed by atoms with Gasteiger partial charge < -0.3 is 5.32 Å². The van der Waals surface area contributed by atoms with Crippen molar-refractivity contribution in [2.24, 2.45) is 0 Å². The SMILES string of the molecule is C[C@H](NS(=O)(=O)c1ccc(Br)cc1)C(=O)Nc1cc(Cl)cc(Cl)c1. The summed E-state index contributed by atoms with van der Waals surface area (Å²) < 4.78 is 27.6. The number of halogens is 3. The van der Waals surface area contributed by atoms with Crippen LogP contribution in [0.2, 0.25) is 10.0 Å². The van der Waals surface area contributed by atoms with Crippen LogP contribution in [0.5, 0.6) is 0 Å². The Bertz CT molecular complexity index is 837. The molecule has 0 aromatic heterocycles. The molecule has 0 radical (unpaired) electrons. The second-order valence-corrected chi connectivity index (χ2v) is 8.45. The molecule has 2 aromatic rings. The lowest BCUT2D eigenvalue weighted by molar-refractivity contribution is -0.117. The highest BCUT2D eigenvalue weighted by molar-refractivity contribution is 9.10. The van der Waals surface area contributed by atoms with E-state index in [1.54, 1.807) is 12.1 Å². The number of hydrogen-bond donors (Lipinski definition) is 2. The Balaban J connectivity index is 2.09. The minimum atomic E-state index is -3.81. The number of hydrogen-bond acceptors (Lipinski definition) is 3. The summed E-state index contributed by atoms with van der Waals surface area (Å²) in [7, 11) is -3.81. The molecule has 0 saturated heterocycles. The van der Waals surface area contributed by atoms with Gasteiger partial charge in [-0.2, -0.15) is 4.72 Å². The second-order valence-electron chi connectivity index (χ2n) is 4.94. The Labute approximate surface area is 158 Å². The largest absolute Gasteiger partial charge is 0.325 e. The molecule has 2 rings (SSSR count). The van der Waals surface area contributed by atoms with Gasteiger partial charge in [-0.3, -0.25) is 4.79 Å². The highest BCUT2D eigenvalue weighted by atomic mass is 79.9. The zero-order chi connectivity index (χ0) is 17.9. The average Bonchev–Trinajstić information content (AvgIpc) is 2.46. The summed E-state index contributed by atoms with van der Waals surface area (Å²) >= 11 is 15.0. The normalized spacial score (nSPS) is 12.7. The molecule has 9 heteroatoms. The quantitative estimate of drug-likeness (QED) is 0.719. The van der Waals surface area contributed by atoms with Gasteiger partial charge in [0.2, 0.25) is 15.9 Å². The van der Waals surface area contributed by atoms with E-state index in [0.717, 1.165) is 4.47 Å². The maximum absolute atomic E-state index is 12.3. The van der Waals surface area contributed by atoms with Gasteiger partial charge >= 0.3 is 0 Å². The Hall–Kier alpha value is -1.12. The summed E-state index contributed by atoms with van der Waals surface area (Å²) in [6.45, 7) is 1.44. The molecule has 0 aliphatic heterocycles. The molecule has 0 bridgehead atoms. The first-order chi connectivity index (χ1) is 11.2. The fourth-order valence-electron chi connectivity index (χ4n) is 1.84. The van der Waals surface area contributed by atoms with Crippen LogP contribution >= 0.6 is 39.1 Å². The molecule has 0 unspecified atom stereocenters. The number of anilines is 1. The van der Waals surface area contributed by atoms with E-state index < -0.39 is 22.0 Å². The van der Waals surface area contributed by atoms with Gasteiger partial charge in [-0.05, 0) is 49.4 Å². The smallest absolute Gasteiger partial charge is 0.242 e. The van der Waals surface area contributed by atoms with E-state index in [2.05, 4.69) is 26.0 Å². The maximum atomic E-state index is 12.3. The number of benzene rings is 2. The fraction of sp³-hybridized carbons (Fsp3) is 0.133. The Kier molecular flexibility index (Phi) is 6.28. The standard InChI is InChI=1S/C15H13BrCl2N2O3S/c1-9(15(21)19-13-7-11(17)6-12(18)8-13)20-24(22,23)14-4-2-10(16)3-5-14/h2-9,20H,1H3,(H,19,21)/t9-/m0/s1. The number of sulfonamides is 1. The average molecular weight is 452 g/mol. The first-order valence-corrected chi connectivity index (χ1v) is 9.75. The summed E-state index contributed by atoms with van der Waals surface area (Å²) in [5, 5.41) is 3.29. The van der Waals surface area contributed by atoms with E-state index in [-0.39, 0.29) is 4.90 Å². The molecule has 0 aliphatic rings. The molecule has 2 N–H and O–H groups in total. The van der Waals surface area contributed by atoms with Gasteiger partial charge in [-0.15, -0.1) is 0 Å². The van der Waals surface area contributed by atoms with Gasteiger partial charge in [-0.1, -0.05) is 39.1 Å². The van der Waals surface area contributed by atoms with Crippen LogP contribution in [0, 0.1) is 0 Å². The molecular weight excluding hydrogens is 439 g/mol. The fourth-order valence-corrected chi connectivity index (χ4v) is 3.84. The molecule has 1 amide bonds. The minimum absolute atomic E-state index is 0.0659. The number of carbonyl (C=O) groups is 1. The van der Waals surface area contributed by atoms with Gasteiger partial charge in [0.1, 0.15) is 0 Å². The van der Waals surface area contributed by atoms with Crippen LogP contribution in [-0.2, 0) is 14.8 Å². The number of amides is 1. The van der Waals surface area contributed by atoms with Crippen molar-refractivity contribution in [3.8, 4) is 0 Å². The van der Waals surface area contributed by atoms with Crippen LogP contribution in [0.25, 0.3) is 0 Å². The van der Waals surface area contributed by atoms with Gasteiger partial charge in [-0.25, -0.2) is 8.42 Å². The monoisotopic (exact) mass is 450 g/mol. The van der Waals surface area contributed by atoms with Crippen LogP contribution in [0.4, 0.5) is 5.69 Å². The number of rotatable bonds is 5. The molecule has 0 heterocycles. The Morgan fingerprint density at radius 2 is 1.62 bits per heavy atom. The highest BCUT2D eigenvalue weighted by Gasteiger charge is 2.22. The van der Waals surface area contributed by atoms with E-state index in [0.29, 0.717) is 15.7 Å². The van der Waals surface area contributed by atoms with E-state index >= 15 is 0 Å². The van der Waals surface area contributed by atoms with Crippen LogP contribution in [0.15, 0.2) is 51.8 Å². The van der Waals surface area contributed by atoms with E-state index in [1.807, 2.05) is 0 Å². The Morgan fingerprint density at radius 3 is 2.17 bits per heavy atom. The molecular formula is C15H13BrCl2N2O3S. The van der Waals surface area contributed by atoms with Crippen molar-refractivity contribution in [3.05, 3.63) is 57.0 Å². The van der Waals surface area contributed by atoms with Crippen molar-refractivity contribution in [2.45, 2.75) is 17.9 Å². The molecule has 2 aromatic carbocycles. The topological polar surface area (TPSA) is 75.3 Å². The first-order valence-electron chi connectivity index (χ1n) is 6.72. The third-order valence-electron chi connectivity index (χ3n) is 2.98.